The highest BCUT2D eigenvalue weighted by Crippen LogP contribution is 2.30. The Morgan fingerprint density at radius 3 is 2.44 bits per heavy atom. The molecule has 1 N–H and O–H groups in total. The molecule has 1 fully saturated rings. The van der Waals surface area contributed by atoms with E-state index in [-0.39, 0.29) is 7.43 Å². The van der Waals surface area contributed by atoms with Crippen molar-refractivity contribution >= 4 is 23.5 Å². The number of nitrogens with one attached hydrogen (secondary N) is 1. The number of hydrogen-bond donors (Lipinski definition) is 1. The Balaban J connectivity index is 0.000000726. The summed E-state index contributed by atoms with van der Waals surface area (Å²) in [6, 6.07) is 14.8. The van der Waals surface area contributed by atoms with Gasteiger partial charge in [0.25, 0.3) is 0 Å². The van der Waals surface area contributed by atoms with Crippen LogP contribution in [0.5, 0.6) is 0 Å². The van der Waals surface area contributed by atoms with E-state index in [0.717, 1.165) is 31.8 Å². The molecule has 0 atom stereocenters. The molecule has 1 aliphatic rings. The van der Waals surface area contributed by atoms with Crippen LogP contribution in [-0.2, 0) is 4.79 Å². The molecule has 3 aromatic rings. The number of fused-ring (bicyclic) bond motifs is 1. The molecule has 0 saturated carbocycles. The van der Waals surface area contributed by atoms with E-state index in [1.54, 1.807) is 0 Å². The van der Waals surface area contributed by atoms with E-state index >= 15 is 0 Å². The number of para-hydroxylation sites is 1. The Hall–Kier alpha value is -2.66. The zero-order valence-corrected chi connectivity index (χ0v) is 13.9. The Kier molecular flexibility index (Phi) is 6.31. The maximum Gasteiger partial charge on any atom is 0.146 e. The lowest BCUT2D eigenvalue weighted by molar-refractivity contribution is -0.0979. The van der Waals surface area contributed by atoms with E-state index in [1.165, 1.54) is 22.5 Å². The van der Waals surface area contributed by atoms with E-state index in [2.05, 4.69) is 63.1 Å². The summed E-state index contributed by atoms with van der Waals surface area (Å²) in [6.07, 6.45) is 1.93. The summed E-state index contributed by atoms with van der Waals surface area (Å²) in [6.45, 7) is 8.34. The largest absolute Gasteiger partial charge is 0.368 e. The van der Waals surface area contributed by atoms with Gasteiger partial charge >= 0.3 is 0 Å². The highest BCUT2D eigenvalue weighted by Gasteiger charge is 2.17. The molecule has 2 aromatic heterocycles. The minimum atomic E-state index is 0. The lowest BCUT2D eigenvalue weighted by atomic mass is 10.2. The molecule has 1 saturated heterocycles. The summed E-state index contributed by atoms with van der Waals surface area (Å²) in [5, 5.41) is 4.65. The number of carbonyl (C=O) groups excluding carboxylic acids is 1. The number of pyridine rings is 1. The third-order valence-electron chi connectivity index (χ3n) is 4.34. The summed E-state index contributed by atoms with van der Waals surface area (Å²) < 4.78 is 2.24. The van der Waals surface area contributed by atoms with Gasteiger partial charge in [0.1, 0.15) is 12.4 Å². The van der Waals surface area contributed by atoms with Crippen molar-refractivity contribution in [2.75, 3.05) is 31.1 Å². The summed E-state index contributed by atoms with van der Waals surface area (Å²) in [5.41, 5.74) is 4.72. The van der Waals surface area contributed by atoms with Crippen LogP contribution >= 0.6 is 0 Å². The first-order chi connectivity index (χ1) is 11.8. The number of carbonyl (C=O) groups is 1. The highest BCUT2D eigenvalue weighted by molar-refractivity contribution is 5.92. The SMILES string of the molecule is C.C=O.Cc1cc2c(N3CCNCC3)ccnc2n1-c1ccccc1. The average molecular weight is 338 g/mol. The predicted molar refractivity (Wildman–Crippen MR) is 105 cm³/mol. The van der Waals surface area contributed by atoms with Gasteiger partial charge in [0.05, 0.1) is 0 Å². The van der Waals surface area contributed by atoms with E-state index < -0.39 is 0 Å². The molecular formula is C20H26N4O. The van der Waals surface area contributed by atoms with Crippen molar-refractivity contribution in [2.24, 2.45) is 0 Å². The Labute approximate surface area is 149 Å². The lowest BCUT2D eigenvalue weighted by Crippen LogP contribution is -2.43. The third-order valence-corrected chi connectivity index (χ3v) is 4.34. The lowest BCUT2D eigenvalue weighted by Gasteiger charge is -2.29. The van der Waals surface area contributed by atoms with Gasteiger partial charge in [-0.15, -0.1) is 0 Å². The third kappa shape index (κ3) is 3.56. The van der Waals surface area contributed by atoms with Crippen LogP contribution in [0.1, 0.15) is 13.1 Å². The fourth-order valence-electron chi connectivity index (χ4n) is 3.29. The highest BCUT2D eigenvalue weighted by atomic mass is 16.1. The second-order valence-corrected chi connectivity index (χ2v) is 5.76. The smallest absolute Gasteiger partial charge is 0.146 e. The van der Waals surface area contributed by atoms with Crippen LogP contribution in [0.4, 0.5) is 5.69 Å². The maximum atomic E-state index is 8.00. The molecule has 5 nitrogen and oxygen atoms in total. The quantitative estimate of drug-likeness (QED) is 0.780. The zero-order chi connectivity index (χ0) is 16.9. The number of aryl methyl sites for hydroxylation is 1. The van der Waals surface area contributed by atoms with E-state index in [9.17, 15) is 0 Å². The van der Waals surface area contributed by atoms with Crippen LogP contribution < -0.4 is 10.2 Å². The fourth-order valence-corrected chi connectivity index (χ4v) is 3.29. The van der Waals surface area contributed by atoms with E-state index in [0.29, 0.717) is 0 Å². The second-order valence-electron chi connectivity index (χ2n) is 5.76. The summed E-state index contributed by atoms with van der Waals surface area (Å²) >= 11 is 0. The van der Waals surface area contributed by atoms with Crippen molar-refractivity contribution in [2.45, 2.75) is 14.4 Å². The number of piperazine rings is 1. The second kappa shape index (κ2) is 8.44. The number of benzene rings is 1. The first kappa shape index (κ1) is 18.7. The van der Waals surface area contributed by atoms with Crippen molar-refractivity contribution in [1.82, 2.24) is 14.9 Å². The van der Waals surface area contributed by atoms with Crippen LogP contribution in [-0.4, -0.2) is 42.5 Å². The van der Waals surface area contributed by atoms with Gasteiger partial charge in [-0.1, -0.05) is 25.6 Å². The molecule has 5 heteroatoms. The predicted octanol–water partition coefficient (Wildman–Crippen LogP) is 3.19. The molecular weight excluding hydrogens is 312 g/mol. The molecule has 0 aliphatic carbocycles. The Morgan fingerprint density at radius 1 is 1.08 bits per heavy atom. The normalized spacial score (nSPS) is 13.7. The number of nitrogens with zero attached hydrogens (tertiary/aromatic N) is 3. The van der Waals surface area contributed by atoms with E-state index in [1.807, 2.05) is 19.1 Å². The van der Waals surface area contributed by atoms with Crippen molar-refractivity contribution in [1.29, 1.82) is 0 Å². The van der Waals surface area contributed by atoms with Gasteiger partial charge in [-0.3, -0.25) is 4.57 Å². The van der Waals surface area contributed by atoms with E-state index in [4.69, 9.17) is 4.79 Å². The fraction of sp³-hybridized carbons (Fsp3) is 0.300. The van der Waals surface area contributed by atoms with Crippen molar-refractivity contribution in [3.05, 3.63) is 54.4 Å². The number of hydrogen-bond acceptors (Lipinski definition) is 4. The average Bonchev–Trinajstić information content (AvgIpc) is 3.00. The molecule has 0 unspecified atom stereocenters. The summed E-state index contributed by atoms with van der Waals surface area (Å²) in [7, 11) is 0. The Bertz CT molecular complexity index is 807. The molecule has 0 spiro atoms. The van der Waals surface area contributed by atoms with Crippen LogP contribution in [0, 0.1) is 6.92 Å². The topological polar surface area (TPSA) is 50.2 Å². The minimum absolute atomic E-state index is 0. The summed E-state index contributed by atoms with van der Waals surface area (Å²) in [5.74, 6) is 0. The minimum Gasteiger partial charge on any atom is -0.368 e. The van der Waals surface area contributed by atoms with Gasteiger partial charge in [0.2, 0.25) is 0 Å². The van der Waals surface area contributed by atoms with Gasteiger partial charge in [-0.05, 0) is 31.2 Å². The van der Waals surface area contributed by atoms with Crippen LogP contribution in [0.2, 0.25) is 0 Å². The standard InChI is InChI=1S/C18H20N4.CH2O.CH4/c1-14-13-16-17(21-11-9-19-10-12-21)7-8-20-18(16)22(14)15-5-3-2-4-6-15;1-2;/h2-8,13,19H,9-12H2,1H3;1H2;1H4. The molecule has 0 amide bonds. The first-order valence-electron chi connectivity index (χ1n) is 8.11. The van der Waals surface area contributed by atoms with Gasteiger partial charge in [-0.2, -0.15) is 0 Å². The molecule has 1 aliphatic heterocycles. The molecule has 0 bridgehead atoms. The molecule has 25 heavy (non-hydrogen) atoms. The number of rotatable bonds is 2. The zero-order valence-electron chi connectivity index (χ0n) is 13.9. The van der Waals surface area contributed by atoms with Crippen molar-refractivity contribution in [3.8, 4) is 5.69 Å². The van der Waals surface area contributed by atoms with Gasteiger partial charge in [0.15, 0.2) is 0 Å². The van der Waals surface area contributed by atoms with Crippen LogP contribution in [0.15, 0.2) is 48.7 Å². The summed E-state index contributed by atoms with van der Waals surface area (Å²) in [4.78, 5) is 15.1. The van der Waals surface area contributed by atoms with Crippen LogP contribution in [0.3, 0.4) is 0 Å². The first-order valence-corrected chi connectivity index (χ1v) is 8.11. The van der Waals surface area contributed by atoms with Crippen LogP contribution in [0.25, 0.3) is 16.7 Å². The van der Waals surface area contributed by atoms with Gasteiger partial charge < -0.3 is 15.0 Å². The van der Waals surface area contributed by atoms with Gasteiger partial charge in [-0.25, -0.2) is 4.98 Å². The Morgan fingerprint density at radius 2 is 1.76 bits per heavy atom. The molecule has 4 rings (SSSR count). The number of anilines is 1. The molecule has 0 radical (unpaired) electrons. The number of aromatic nitrogens is 2. The monoisotopic (exact) mass is 338 g/mol. The molecule has 1 aromatic carbocycles. The molecule has 3 heterocycles. The van der Waals surface area contributed by atoms with Crippen molar-refractivity contribution < 1.29 is 4.79 Å². The van der Waals surface area contributed by atoms with Gasteiger partial charge in [0, 0.05) is 54.8 Å². The maximum absolute atomic E-state index is 8.00. The van der Waals surface area contributed by atoms with Crippen molar-refractivity contribution in [3.63, 3.8) is 0 Å². The molecule has 132 valence electrons.